The van der Waals surface area contributed by atoms with Crippen LogP contribution < -0.4 is 16.0 Å². The third-order valence-corrected chi connectivity index (χ3v) is 5.53. The quantitative estimate of drug-likeness (QED) is 0.650. The summed E-state index contributed by atoms with van der Waals surface area (Å²) in [6, 6.07) is 10.8. The molecule has 0 aromatic heterocycles. The summed E-state index contributed by atoms with van der Waals surface area (Å²) in [5.74, 6) is 0.349. The van der Waals surface area contributed by atoms with Gasteiger partial charge in [0.05, 0.1) is 0 Å². The summed E-state index contributed by atoms with van der Waals surface area (Å²) in [6.07, 6.45) is 5.04. The van der Waals surface area contributed by atoms with Gasteiger partial charge in [-0.1, -0.05) is 24.6 Å². The Hall–Kier alpha value is -0.720. The molecule has 1 aliphatic heterocycles. The summed E-state index contributed by atoms with van der Waals surface area (Å²) >= 11 is 0. The van der Waals surface area contributed by atoms with E-state index in [1.165, 1.54) is 5.69 Å². The van der Waals surface area contributed by atoms with Gasteiger partial charge in [-0.3, -0.25) is 9.69 Å². The highest BCUT2D eigenvalue weighted by Gasteiger charge is 2.25. The van der Waals surface area contributed by atoms with E-state index in [0.717, 1.165) is 71.4 Å². The lowest BCUT2D eigenvalue weighted by atomic mass is 9.85. The number of hydrogen-bond donors (Lipinski definition) is 2. The van der Waals surface area contributed by atoms with Crippen LogP contribution in [0.25, 0.3) is 0 Å². The predicted molar refractivity (Wildman–Crippen MR) is 124 cm³/mol. The zero-order valence-electron chi connectivity index (χ0n) is 16.4. The molecule has 0 spiro atoms. The van der Waals surface area contributed by atoms with E-state index in [4.69, 9.17) is 5.73 Å². The fourth-order valence-corrected chi connectivity index (χ4v) is 3.99. The normalized spacial score (nSPS) is 22.2. The number of piperazine rings is 1. The second-order valence-corrected chi connectivity index (χ2v) is 7.43. The minimum absolute atomic E-state index is 0. The Kier molecular flexibility index (Phi) is 13.9. The van der Waals surface area contributed by atoms with Crippen molar-refractivity contribution in [2.45, 2.75) is 38.1 Å². The van der Waals surface area contributed by atoms with Crippen molar-refractivity contribution in [1.29, 1.82) is 0 Å². The summed E-state index contributed by atoms with van der Waals surface area (Å²) in [4.78, 5) is 17.2. The van der Waals surface area contributed by atoms with Crippen LogP contribution in [0.15, 0.2) is 30.3 Å². The summed E-state index contributed by atoms with van der Waals surface area (Å²) in [6.45, 7) is 6.20. The van der Waals surface area contributed by atoms with Crippen LogP contribution in [0.2, 0.25) is 0 Å². The summed E-state index contributed by atoms with van der Waals surface area (Å²) in [5.41, 5.74) is 7.30. The molecule has 3 N–H and O–H groups in total. The van der Waals surface area contributed by atoms with Gasteiger partial charge in [0, 0.05) is 50.4 Å². The maximum absolute atomic E-state index is 12.2. The molecule has 162 valence electrons. The molecule has 1 aromatic carbocycles. The smallest absolute Gasteiger partial charge is 0.223 e. The summed E-state index contributed by atoms with van der Waals surface area (Å²) in [7, 11) is 0. The maximum atomic E-state index is 12.2. The van der Waals surface area contributed by atoms with Gasteiger partial charge in [0.15, 0.2) is 0 Å². The Morgan fingerprint density at radius 2 is 1.71 bits per heavy atom. The number of carbonyl (C=O) groups is 1. The molecule has 2 fully saturated rings. The largest absolute Gasteiger partial charge is 0.369 e. The lowest BCUT2D eigenvalue weighted by Gasteiger charge is -2.36. The molecule has 1 saturated heterocycles. The Morgan fingerprint density at radius 3 is 2.36 bits per heavy atom. The van der Waals surface area contributed by atoms with Crippen LogP contribution in [-0.2, 0) is 4.79 Å². The number of benzene rings is 1. The Bertz CT molecular complexity index is 542. The Morgan fingerprint density at radius 1 is 1.04 bits per heavy atom. The number of amides is 1. The topological polar surface area (TPSA) is 61.6 Å². The zero-order chi connectivity index (χ0) is 17.5. The molecule has 1 heterocycles. The predicted octanol–water partition coefficient (Wildman–Crippen LogP) is 3.10. The van der Waals surface area contributed by atoms with Crippen LogP contribution >= 0.6 is 37.2 Å². The van der Waals surface area contributed by atoms with E-state index in [-0.39, 0.29) is 55.1 Å². The van der Waals surface area contributed by atoms with E-state index in [0.29, 0.717) is 0 Å². The van der Waals surface area contributed by atoms with Crippen molar-refractivity contribution in [3.63, 3.8) is 0 Å². The number of halogens is 3. The minimum Gasteiger partial charge on any atom is -0.369 e. The number of para-hydroxylation sites is 1. The van der Waals surface area contributed by atoms with Gasteiger partial charge in [-0.2, -0.15) is 0 Å². The molecule has 2 atom stereocenters. The molecular formula is C20H35Cl3N4O. The fraction of sp³-hybridized carbons (Fsp3) is 0.650. The molecular weight excluding hydrogens is 419 g/mol. The summed E-state index contributed by atoms with van der Waals surface area (Å²) in [5, 5.41) is 3.12. The summed E-state index contributed by atoms with van der Waals surface area (Å²) < 4.78 is 0. The van der Waals surface area contributed by atoms with Gasteiger partial charge in [0.2, 0.25) is 5.91 Å². The number of rotatable bonds is 6. The van der Waals surface area contributed by atoms with Crippen molar-refractivity contribution < 1.29 is 4.79 Å². The van der Waals surface area contributed by atoms with Crippen LogP contribution in [0.3, 0.4) is 0 Å². The maximum Gasteiger partial charge on any atom is 0.223 e. The first-order valence-corrected chi connectivity index (χ1v) is 9.78. The average Bonchev–Trinajstić information content (AvgIpc) is 2.66. The van der Waals surface area contributed by atoms with Crippen molar-refractivity contribution in [3.8, 4) is 0 Å². The number of carbonyl (C=O) groups excluding carboxylic acids is 1. The molecule has 2 aliphatic rings. The van der Waals surface area contributed by atoms with Crippen LogP contribution in [0, 0.1) is 5.92 Å². The zero-order valence-corrected chi connectivity index (χ0v) is 18.9. The van der Waals surface area contributed by atoms with E-state index in [9.17, 15) is 4.79 Å². The van der Waals surface area contributed by atoms with Gasteiger partial charge < -0.3 is 16.0 Å². The van der Waals surface area contributed by atoms with Crippen LogP contribution in [0.4, 0.5) is 5.69 Å². The molecule has 3 rings (SSSR count). The highest BCUT2D eigenvalue weighted by molar-refractivity contribution is 5.86. The van der Waals surface area contributed by atoms with E-state index < -0.39 is 0 Å². The minimum atomic E-state index is 0. The van der Waals surface area contributed by atoms with Gasteiger partial charge >= 0.3 is 0 Å². The lowest BCUT2D eigenvalue weighted by Crippen LogP contribution is -2.47. The number of anilines is 1. The molecule has 2 unspecified atom stereocenters. The lowest BCUT2D eigenvalue weighted by molar-refractivity contribution is -0.126. The van der Waals surface area contributed by atoms with Crippen molar-refractivity contribution in [2.75, 3.05) is 44.2 Å². The van der Waals surface area contributed by atoms with Crippen LogP contribution in [0.5, 0.6) is 0 Å². The van der Waals surface area contributed by atoms with E-state index in [1.807, 2.05) is 0 Å². The van der Waals surface area contributed by atoms with Crippen LogP contribution in [0.1, 0.15) is 32.1 Å². The number of hydrogen-bond acceptors (Lipinski definition) is 4. The van der Waals surface area contributed by atoms with Gasteiger partial charge in [0.25, 0.3) is 0 Å². The molecule has 5 nitrogen and oxygen atoms in total. The second-order valence-electron chi connectivity index (χ2n) is 7.43. The van der Waals surface area contributed by atoms with Crippen molar-refractivity contribution in [3.05, 3.63) is 30.3 Å². The van der Waals surface area contributed by atoms with Crippen molar-refractivity contribution in [2.24, 2.45) is 11.7 Å². The molecule has 8 heteroatoms. The van der Waals surface area contributed by atoms with E-state index in [1.54, 1.807) is 0 Å². The van der Waals surface area contributed by atoms with Gasteiger partial charge in [-0.15, -0.1) is 37.2 Å². The first-order chi connectivity index (χ1) is 12.2. The van der Waals surface area contributed by atoms with Gasteiger partial charge in [-0.05, 0) is 44.4 Å². The second kappa shape index (κ2) is 14.3. The van der Waals surface area contributed by atoms with Gasteiger partial charge in [-0.25, -0.2) is 0 Å². The Balaban J connectivity index is 0.00000243. The highest BCUT2D eigenvalue weighted by atomic mass is 35.5. The molecule has 0 radical (unpaired) electrons. The SMILES string of the molecule is Cl.Cl.Cl.NC1CCCC(C(=O)NCCCN2CCN(c3ccccc3)CC2)C1. The van der Waals surface area contributed by atoms with E-state index >= 15 is 0 Å². The van der Waals surface area contributed by atoms with Crippen LogP contribution in [-0.4, -0.2) is 56.1 Å². The monoisotopic (exact) mass is 452 g/mol. The third kappa shape index (κ3) is 8.34. The average molecular weight is 454 g/mol. The molecule has 1 aromatic rings. The fourth-order valence-electron chi connectivity index (χ4n) is 3.99. The van der Waals surface area contributed by atoms with Crippen molar-refractivity contribution >= 4 is 48.8 Å². The number of nitrogens with two attached hydrogens (primary N) is 1. The first-order valence-electron chi connectivity index (χ1n) is 9.78. The number of nitrogens with zero attached hydrogens (tertiary/aromatic N) is 2. The molecule has 1 saturated carbocycles. The molecule has 1 aliphatic carbocycles. The van der Waals surface area contributed by atoms with Crippen molar-refractivity contribution in [1.82, 2.24) is 10.2 Å². The number of nitrogens with one attached hydrogen (secondary N) is 1. The first kappa shape index (κ1) is 27.3. The molecule has 28 heavy (non-hydrogen) atoms. The standard InChI is InChI=1S/C20H32N4O.3ClH/c21-18-7-4-6-17(16-18)20(25)22-10-5-11-23-12-14-24(15-13-23)19-8-2-1-3-9-19;;;/h1-3,8-9,17-18H,4-7,10-16,21H2,(H,22,25);3*1H. The Labute approximate surface area is 188 Å². The van der Waals surface area contributed by atoms with Gasteiger partial charge in [0.1, 0.15) is 0 Å². The molecule has 1 amide bonds. The highest BCUT2D eigenvalue weighted by Crippen LogP contribution is 2.23. The third-order valence-electron chi connectivity index (χ3n) is 5.53. The van der Waals surface area contributed by atoms with E-state index in [2.05, 4.69) is 45.4 Å². The molecule has 0 bridgehead atoms.